The molecule has 0 aliphatic carbocycles. The topological polar surface area (TPSA) is 26.0 Å². The third kappa shape index (κ3) is 2.99. The van der Waals surface area contributed by atoms with Crippen LogP contribution in [0.2, 0.25) is 0 Å². The quantitative estimate of drug-likeness (QED) is 0.871. The van der Waals surface area contributed by atoms with Gasteiger partial charge in [-0.3, -0.25) is 0 Å². The third-order valence-electron chi connectivity index (χ3n) is 3.25. The summed E-state index contributed by atoms with van der Waals surface area (Å²) in [5.41, 5.74) is 8.35. The van der Waals surface area contributed by atoms with E-state index in [0.29, 0.717) is 6.54 Å². The van der Waals surface area contributed by atoms with Gasteiger partial charge in [-0.25, -0.2) is 8.78 Å². The van der Waals surface area contributed by atoms with Crippen LogP contribution in [-0.4, -0.2) is 0 Å². The maximum atomic E-state index is 13.7. The van der Waals surface area contributed by atoms with E-state index in [1.165, 1.54) is 13.0 Å². The molecule has 0 saturated carbocycles. The molecule has 0 aliphatic rings. The van der Waals surface area contributed by atoms with Crippen LogP contribution in [-0.2, 0) is 12.5 Å². The van der Waals surface area contributed by atoms with Crippen LogP contribution in [0.4, 0.5) is 8.78 Å². The van der Waals surface area contributed by atoms with Crippen LogP contribution in [0.15, 0.2) is 48.5 Å². The van der Waals surface area contributed by atoms with E-state index >= 15 is 0 Å². The molecular weight excluding hydrogens is 244 g/mol. The largest absolute Gasteiger partial charge is 0.326 e. The van der Waals surface area contributed by atoms with E-state index < -0.39 is 5.92 Å². The Hall–Kier alpha value is -1.74. The van der Waals surface area contributed by atoms with Gasteiger partial charge in [0.05, 0.1) is 0 Å². The van der Waals surface area contributed by atoms with Gasteiger partial charge >= 0.3 is 0 Å². The molecule has 19 heavy (non-hydrogen) atoms. The molecule has 2 N–H and O–H groups in total. The number of hydrogen-bond donors (Lipinski definition) is 1. The molecule has 0 spiro atoms. The minimum atomic E-state index is -2.77. The molecule has 0 heterocycles. The van der Waals surface area contributed by atoms with Gasteiger partial charge in [0.25, 0.3) is 5.92 Å². The van der Waals surface area contributed by atoms with Crippen molar-refractivity contribution >= 4 is 0 Å². The summed E-state index contributed by atoms with van der Waals surface area (Å²) < 4.78 is 27.4. The molecule has 0 atom stereocenters. The van der Waals surface area contributed by atoms with Crippen LogP contribution in [0.5, 0.6) is 0 Å². The summed E-state index contributed by atoms with van der Waals surface area (Å²) in [6.45, 7) is 1.97. The Kier molecular flexibility index (Phi) is 3.96. The maximum absolute atomic E-state index is 13.7. The van der Waals surface area contributed by atoms with Gasteiger partial charge in [0.1, 0.15) is 0 Å². The molecule has 0 amide bonds. The average Bonchev–Trinajstić information content (AvgIpc) is 2.47. The number of alkyl halides is 2. The lowest BCUT2D eigenvalue weighted by Gasteiger charge is -2.15. The predicted molar refractivity (Wildman–Crippen MR) is 74.0 cm³/mol. The SMILES string of the molecule is CCC(F)(F)c1cccc(-c2ccc(CN)cc2)c1. The van der Waals surface area contributed by atoms with Crippen molar-refractivity contribution in [1.29, 1.82) is 0 Å². The lowest BCUT2D eigenvalue weighted by molar-refractivity contribution is -0.00824. The normalized spacial score (nSPS) is 11.6. The van der Waals surface area contributed by atoms with Crippen molar-refractivity contribution in [1.82, 2.24) is 0 Å². The van der Waals surface area contributed by atoms with Gasteiger partial charge in [0.15, 0.2) is 0 Å². The van der Waals surface area contributed by atoms with E-state index in [4.69, 9.17) is 5.73 Å². The van der Waals surface area contributed by atoms with Gasteiger partial charge in [-0.15, -0.1) is 0 Å². The zero-order chi connectivity index (χ0) is 13.9. The first-order valence-corrected chi connectivity index (χ1v) is 6.34. The summed E-state index contributed by atoms with van der Waals surface area (Å²) in [7, 11) is 0. The molecule has 0 radical (unpaired) electrons. The van der Waals surface area contributed by atoms with Gasteiger partial charge in [-0.2, -0.15) is 0 Å². The molecule has 2 aromatic rings. The third-order valence-corrected chi connectivity index (χ3v) is 3.25. The van der Waals surface area contributed by atoms with Gasteiger partial charge in [0, 0.05) is 18.5 Å². The highest BCUT2D eigenvalue weighted by Gasteiger charge is 2.28. The molecule has 3 heteroatoms. The minimum absolute atomic E-state index is 0.0652. The van der Waals surface area contributed by atoms with E-state index in [0.717, 1.165) is 16.7 Å². The van der Waals surface area contributed by atoms with E-state index in [9.17, 15) is 8.78 Å². The number of hydrogen-bond acceptors (Lipinski definition) is 1. The zero-order valence-corrected chi connectivity index (χ0v) is 10.9. The first-order valence-electron chi connectivity index (χ1n) is 6.34. The molecule has 0 aromatic heterocycles. The summed E-state index contributed by atoms with van der Waals surface area (Å²) in [4.78, 5) is 0. The summed E-state index contributed by atoms with van der Waals surface area (Å²) in [6.07, 6.45) is -0.192. The number of benzene rings is 2. The first-order chi connectivity index (χ1) is 9.06. The van der Waals surface area contributed by atoms with Crippen molar-refractivity contribution in [2.75, 3.05) is 0 Å². The number of rotatable bonds is 4. The molecule has 1 nitrogen and oxygen atoms in total. The van der Waals surface area contributed by atoms with Crippen molar-refractivity contribution < 1.29 is 8.78 Å². The van der Waals surface area contributed by atoms with Crippen molar-refractivity contribution in [3.05, 3.63) is 59.7 Å². The molecule has 100 valence electrons. The van der Waals surface area contributed by atoms with Crippen molar-refractivity contribution in [2.24, 2.45) is 5.73 Å². The zero-order valence-electron chi connectivity index (χ0n) is 10.9. The Morgan fingerprint density at radius 3 is 2.26 bits per heavy atom. The van der Waals surface area contributed by atoms with Crippen LogP contribution in [0.3, 0.4) is 0 Å². The fourth-order valence-electron chi connectivity index (χ4n) is 1.96. The lowest BCUT2D eigenvalue weighted by Crippen LogP contribution is -2.11. The highest BCUT2D eigenvalue weighted by atomic mass is 19.3. The molecule has 2 aromatic carbocycles. The van der Waals surface area contributed by atoms with Gasteiger partial charge in [-0.1, -0.05) is 49.4 Å². The summed E-state index contributed by atoms with van der Waals surface area (Å²) in [5, 5.41) is 0. The highest BCUT2D eigenvalue weighted by Crippen LogP contribution is 2.33. The maximum Gasteiger partial charge on any atom is 0.273 e. The Labute approximate surface area is 112 Å². The Balaban J connectivity index is 2.37. The van der Waals surface area contributed by atoms with Crippen molar-refractivity contribution in [2.45, 2.75) is 25.8 Å². The standard InChI is InChI=1S/C16H17F2N/c1-2-16(17,18)15-5-3-4-14(10-15)13-8-6-12(11-19)7-9-13/h3-10H,2,11,19H2,1H3. The molecule has 0 fully saturated rings. The van der Waals surface area contributed by atoms with Crippen molar-refractivity contribution in [3.63, 3.8) is 0 Å². The Bertz CT molecular complexity index is 547. The van der Waals surface area contributed by atoms with Gasteiger partial charge in [-0.05, 0) is 22.8 Å². The van der Waals surface area contributed by atoms with Crippen LogP contribution in [0.1, 0.15) is 24.5 Å². The number of nitrogens with two attached hydrogens (primary N) is 1. The molecule has 0 unspecified atom stereocenters. The van der Waals surface area contributed by atoms with Gasteiger partial charge < -0.3 is 5.73 Å². The van der Waals surface area contributed by atoms with E-state index in [-0.39, 0.29) is 12.0 Å². The highest BCUT2D eigenvalue weighted by molar-refractivity contribution is 5.64. The number of halogens is 2. The monoisotopic (exact) mass is 261 g/mol. The minimum Gasteiger partial charge on any atom is -0.326 e. The second kappa shape index (κ2) is 5.49. The second-order valence-corrected chi connectivity index (χ2v) is 4.54. The van der Waals surface area contributed by atoms with E-state index in [1.807, 2.05) is 30.3 Å². The Morgan fingerprint density at radius 2 is 1.68 bits per heavy atom. The predicted octanol–water partition coefficient (Wildman–Crippen LogP) is 4.31. The molecule has 0 saturated heterocycles. The van der Waals surface area contributed by atoms with E-state index in [1.54, 1.807) is 12.1 Å². The van der Waals surface area contributed by atoms with Crippen LogP contribution in [0.25, 0.3) is 11.1 Å². The smallest absolute Gasteiger partial charge is 0.273 e. The summed E-state index contributed by atoms with van der Waals surface area (Å²) in [5.74, 6) is -2.77. The fourth-order valence-corrected chi connectivity index (χ4v) is 1.96. The summed E-state index contributed by atoms with van der Waals surface area (Å²) in [6, 6.07) is 14.2. The lowest BCUT2D eigenvalue weighted by atomic mass is 9.98. The van der Waals surface area contributed by atoms with Crippen LogP contribution >= 0.6 is 0 Å². The molecule has 2 rings (SSSR count). The second-order valence-electron chi connectivity index (χ2n) is 4.54. The first kappa shape index (κ1) is 13.7. The molecule has 0 bridgehead atoms. The Morgan fingerprint density at radius 1 is 1.00 bits per heavy atom. The van der Waals surface area contributed by atoms with Crippen molar-refractivity contribution in [3.8, 4) is 11.1 Å². The van der Waals surface area contributed by atoms with Crippen LogP contribution in [0, 0.1) is 0 Å². The molecule has 0 aliphatic heterocycles. The van der Waals surface area contributed by atoms with Gasteiger partial charge in [0.2, 0.25) is 0 Å². The van der Waals surface area contributed by atoms with E-state index in [2.05, 4.69) is 0 Å². The fraction of sp³-hybridized carbons (Fsp3) is 0.250. The average molecular weight is 261 g/mol. The summed E-state index contributed by atoms with van der Waals surface area (Å²) >= 11 is 0. The molecular formula is C16H17F2N. The van der Waals surface area contributed by atoms with Crippen LogP contribution < -0.4 is 5.73 Å².